The number of fused-ring (bicyclic) bond motifs is 1. The molecular weight excluding hydrogens is 322 g/mol. The summed E-state index contributed by atoms with van der Waals surface area (Å²) < 4.78 is 5.32. The van der Waals surface area contributed by atoms with Crippen molar-refractivity contribution in [3.8, 4) is 5.75 Å². The molecule has 0 spiro atoms. The van der Waals surface area contributed by atoms with Gasteiger partial charge in [-0.1, -0.05) is 37.6 Å². The zero-order valence-corrected chi connectivity index (χ0v) is 15.2. The molecule has 3 nitrogen and oxygen atoms in total. The number of aryl methyl sites for hydroxylation is 1. The molecule has 0 amide bonds. The average molecular weight is 346 g/mol. The van der Waals surface area contributed by atoms with Crippen LogP contribution in [0.4, 0.5) is 0 Å². The molecule has 1 aliphatic rings. The first kappa shape index (κ1) is 17.1. The maximum atomic E-state index is 12.6. The van der Waals surface area contributed by atoms with Crippen LogP contribution in [0, 0.1) is 17.8 Å². The Balaban J connectivity index is 1.78. The minimum Gasteiger partial charge on any atom is -0.497 e. The van der Waals surface area contributed by atoms with Crippen molar-refractivity contribution >= 4 is 28.3 Å². The van der Waals surface area contributed by atoms with E-state index in [4.69, 9.17) is 16.3 Å². The number of aromatic nitrogens is 1. The second-order valence-corrected chi connectivity index (χ2v) is 7.32. The Morgan fingerprint density at radius 2 is 2.17 bits per heavy atom. The summed E-state index contributed by atoms with van der Waals surface area (Å²) in [6.45, 7) is 4.23. The summed E-state index contributed by atoms with van der Waals surface area (Å²) in [6, 6.07) is 3.82. The number of benzene rings is 1. The number of ether oxygens (including phenoxy) is 1. The van der Waals surface area contributed by atoms with E-state index in [1.54, 1.807) is 7.11 Å². The Bertz CT molecular complexity index is 775. The monoisotopic (exact) mass is 345 g/mol. The van der Waals surface area contributed by atoms with Gasteiger partial charge in [0, 0.05) is 29.5 Å². The summed E-state index contributed by atoms with van der Waals surface area (Å²) in [5.41, 5.74) is 2.12. The van der Waals surface area contributed by atoms with Gasteiger partial charge in [-0.25, -0.2) is 0 Å². The Morgan fingerprint density at radius 1 is 1.38 bits per heavy atom. The molecule has 0 bridgehead atoms. The van der Waals surface area contributed by atoms with E-state index in [1.807, 2.05) is 18.3 Å². The minimum absolute atomic E-state index is 0.0706. The van der Waals surface area contributed by atoms with Crippen molar-refractivity contribution in [2.24, 2.45) is 17.8 Å². The molecule has 1 aliphatic carbocycles. The van der Waals surface area contributed by atoms with E-state index >= 15 is 0 Å². The molecule has 2 atom stereocenters. The number of ketones is 1. The molecular formula is C20H24ClNO2. The van der Waals surface area contributed by atoms with Crippen molar-refractivity contribution < 1.29 is 9.53 Å². The number of methoxy groups -OCH3 is 1. The van der Waals surface area contributed by atoms with Crippen LogP contribution in [0.2, 0.25) is 5.02 Å². The molecule has 0 saturated carbocycles. The quantitative estimate of drug-likeness (QED) is 0.758. The highest BCUT2D eigenvalue weighted by atomic mass is 35.5. The van der Waals surface area contributed by atoms with E-state index in [0.717, 1.165) is 35.9 Å². The molecule has 1 aromatic carbocycles. The van der Waals surface area contributed by atoms with Gasteiger partial charge in [0.2, 0.25) is 0 Å². The SMILES string of the molecule is COc1cc(Cl)c2[nH]cc(CCC3CC=CC(C(C)C)C3=O)c2c1. The van der Waals surface area contributed by atoms with Gasteiger partial charge in [0.05, 0.1) is 17.6 Å². The van der Waals surface area contributed by atoms with E-state index < -0.39 is 0 Å². The molecule has 0 fully saturated rings. The fraction of sp³-hybridized carbons (Fsp3) is 0.450. The van der Waals surface area contributed by atoms with Crippen molar-refractivity contribution in [3.05, 3.63) is 41.1 Å². The smallest absolute Gasteiger partial charge is 0.143 e. The fourth-order valence-corrected chi connectivity index (χ4v) is 3.82. The third-order valence-corrected chi connectivity index (χ3v) is 5.31. The summed E-state index contributed by atoms with van der Waals surface area (Å²) in [7, 11) is 1.64. The van der Waals surface area contributed by atoms with Crippen LogP contribution < -0.4 is 4.74 Å². The van der Waals surface area contributed by atoms with Crippen LogP contribution in [0.1, 0.15) is 32.3 Å². The Labute approximate surface area is 148 Å². The lowest BCUT2D eigenvalue weighted by Gasteiger charge is -2.25. The Hall–Kier alpha value is -1.74. The topological polar surface area (TPSA) is 42.1 Å². The van der Waals surface area contributed by atoms with Crippen molar-refractivity contribution in [3.63, 3.8) is 0 Å². The van der Waals surface area contributed by atoms with Crippen LogP contribution in [0.5, 0.6) is 5.75 Å². The number of carbonyl (C=O) groups is 1. The van der Waals surface area contributed by atoms with E-state index in [2.05, 4.69) is 31.0 Å². The number of hydrogen-bond donors (Lipinski definition) is 1. The number of allylic oxidation sites excluding steroid dienone is 2. The van der Waals surface area contributed by atoms with E-state index in [9.17, 15) is 4.79 Å². The van der Waals surface area contributed by atoms with Crippen LogP contribution in [-0.4, -0.2) is 17.9 Å². The van der Waals surface area contributed by atoms with Gasteiger partial charge in [-0.05, 0) is 36.8 Å². The van der Waals surface area contributed by atoms with E-state index in [1.165, 1.54) is 5.56 Å². The average Bonchev–Trinajstić information content (AvgIpc) is 2.97. The summed E-state index contributed by atoms with van der Waals surface area (Å²) >= 11 is 6.31. The van der Waals surface area contributed by atoms with Crippen molar-refractivity contribution in [1.82, 2.24) is 4.98 Å². The zero-order chi connectivity index (χ0) is 17.3. The van der Waals surface area contributed by atoms with Gasteiger partial charge in [-0.3, -0.25) is 4.79 Å². The highest BCUT2D eigenvalue weighted by molar-refractivity contribution is 6.35. The second-order valence-electron chi connectivity index (χ2n) is 6.92. The molecule has 1 heterocycles. The van der Waals surface area contributed by atoms with Crippen molar-refractivity contribution in [1.29, 1.82) is 0 Å². The van der Waals surface area contributed by atoms with Crippen LogP contribution in [0.15, 0.2) is 30.5 Å². The standard InChI is InChI=1S/C20H24ClNO2/c1-12(2)16-6-4-5-13(20(16)23)7-8-14-11-22-19-17(14)9-15(24-3)10-18(19)21/h4,6,9-13,16,22H,5,7-8H2,1-3H3. The van der Waals surface area contributed by atoms with Gasteiger partial charge in [0.15, 0.2) is 0 Å². The summed E-state index contributed by atoms with van der Waals surface area (Å²) in [4.78, 5) is 15.9. The van der Waals surface area contributed by atoms with Crippen LogP contribution in [0.3, 0.4) is 0 Å². The summed E-state index contributed by atoms with van der Waals surface area (Å²) in [5.74, 6) is 1.70. The van der Waals surface area contributed by atoms with Crippen LogP contribution in [-0.2, 0) is 11.2 Å². The molecule has 2 unspecified atom stereocenters. The lowest BCUT2D eigenvalue weighted by Crippen LogP contribution is -2.29. The van der Waals surface area contributed by atoms with Gasteiger partial charge < -0.3 is 9.72 Å². The molecule has 0 radical (unpaired) electrons. The van der Waals surface area contributed by atoms with Crippen LogP contribution in [0.25, 0.3) is 10.9 Å². The molecule has 3 rings (SSSR count). The summed E-state index contributed by atoms with van der Waals surface area (Å²) in [5, 5.41) is 1.74. The molecule has 0 saturated heterocycles. The molecule has 1 aromatic heterocycles. The minimum atomic E-state index is 0.0706. The lowest BCUT2D eigenvalue weighted by atomic mass is 9.77. The number of nitrogens with one attached hydrogen (secondary N) is 1. The molecule has 4 heteroatoms. The predicted octanol–water partition coefficient (Wildman–Crippen LogP) is 5.18. The van der Waals surface area contributed by atoms with Gasteiger partial charge >= 0.3 is 0 Å². The van der Waals surface area contributed by atoms with Crippen molar-refractivity contribution in [2.75, 3.05) is 7.11 Å². The normalized spacial score (nSPS) is 21.0. The number of H-pyrrole nitrogens is 1. The largest absolute Gasteiger partial charge is 0.497 e. The predicted molar refractivity (Wildman–Crippen MR) is 98.8 cm³/mol. The maximum absolute atomic E-state index is 12.6. The molecule has 0 aliphatic heterocycles. The molecule has 24 heavy (non-hydrogen) atoms. The van der Waals surface area contributed by atoms with Gasteiger partial charge in [-0.2, -0.15) is 0 Å². The molecule has 1 N–H and O–H groups in total. The highest BCUT2D eigenvalue weighted by Crippen LogP contribution is 2.33. The number of Topliss-reactive ketones (excluding diaryl/α,β-unsaturated/α-hetero) is 1. The third-order valence-electron chi connectivity index (χ3n) is 5.01. The zero-order valence-electron chi connectivity index (χ0n) is 14.4. The van der Waals surface area contributed by atoms with E-state index in [-0.39, 0.29) is 11.8 Å². The first-order valence-electron chi connectivity index (χ1n) is 8.55. The molecule has 2 aromatic rings. The first-order valence-corrected chi connectivity index (χ1v) is 8.93. The Kier molecular flexibility index (Phi) is 5.00. The van der Waals surface area contributed by atoms with Gasteiger partial charge in [0.1, 0.15) is 11.5 Å². The van der Waals surface area contributed by atoms with E-state index in [0.29, 0.717) is 16.7 Å². The maximum Gasteiger partial charge on any atom is 0.143 e. The third kappa shape index (κ3) is 3.23. The highest BCUT2D eigenvalue weighted by Gasteiger charge is 2.29. The number of aromatic amines is 1. The second kappa shape index (κ2) is 7.02. The number of rotatable bonds is 5. The Morgan fingerprint density at radius 3 is 2.88 bits per heavy atom. The molecule has 128 valence electrons. The van der Waals surface area contributed by atoms with Gasteiger partial charge in [-0.15, -0.1) is 0 Å². The van der Waals surface area contributed by atoms with Gasteiger partial charge in [0.25, 0.3) is 0 Å². The van der Waals surface area contributed by atoms with Crippen molar-refractivity contribution in [2.45, 2.75) is 33.1 Å². The number of halogens is 1. The van der Waals surface area contributed by atoms with Crippen LogP contribution >= 0.6 is 11.6 Å². The fourth-order valence-electron chi connectivity index (χ4n) is 3.56. The first-order chi connectivity index (χ1) is 11.5. The summed E-state index contributed by atoms with van der Waals surface area (Å²) in [6.07, 6.45) is 8.84. The number of hydrogen-bond acceptors (Lipinski definition) is 2. The lowest BCUT2D eigenvalue weighted by molar-refractivity contribution is -0.127. The number of carbonyl (C=O) groups excluding carboxylic acids is 1.